The van der Waals surface area contributed by atoms with Gasteiger partial charge in [-0.05, 0) is 92.8 Å². The van der Waals surface area contributed by atoms with Crippen molar-refractivity contribution < 1.29 is 22.4 Å². The molecule has 0 bridgehead atoms. The van der Waals surface area contributed by atoms with Crippen LogP contribution in [-0.4, -0.2) is 43.8 Å². The van der Waals surface area contributed by atoms with Crippen molar-refractivity contribution in [2.24, 2.45) is 0 Å². The van der Waals surface area contributed by atoms with Crippen LogP contribution in [0.1, 0.15) is 48.1 Å². The van der Waals surface area contributed by atoms with Crippen LogP contribution in [0.3, 0.4) is 0 Å². The van der Waals surface area contributed by atoms with Gasteiger partial charge in [0.25, 0.3) is 10.0 Å². The summed E-state index contributed by atoms with van der Waals surface area (Å²) in [5.74, 6) is -1.35. The fourth-order valence-electron chi connectivity index (χ4n) is 5.03. The van der Waals surface area contributed by atoms with Gasteiger partial charge in [-0.25, -0.2) is 12.8 Å². The monoisotopic (exact) mass is 643 g/mol. The third-order valence-corrected chi connectivity index (χ3v) is 9.99. The molecule has 4 aromatic carbocycles. The van der Waals surface area contributed by atoms with E-state index in [1.165, 1.54) is 29.2 Å². The molecule has 4 aromatic rings. The lowest BCUT2D eigenvalue weighted by atomic mass is 10.0. The predicted molar refractivity (Wildman–Crippen MR) is 180 cm³/mol. The van der Waals surface area contributed by atoms with Gasteiger partial charge in [-0.15, -0.1) is 0 Å². The van der Waals surface area contributed by atoms with E-state index < -0.39 is 34.3 Å². The topological polar surface area (TPSA) is 86.8 Å². The number of nitrogens with one attached hydrogen (secondary N) is 1. The van der Waals surface area contributed by atoms with Crippen LogP contribution in [0.5, 0.6) is 0 Å². The Kier molecular flexibility index (Phi) is 11.4. The van der Waals surface area contributed by atoms with Crippen molar-refractivity contribution in [3.63, 3.8) is 0 Å². The van der Waals surface area contributed by atoms with E-state index in [4.69, 9.17) is 0 Å². The highest BCUT2D eigenvalue weighted by Gasteiger charge is 2.35. The first-order valence-electron chi connectivity index (χ1n) is 15.4. The molecule has 7 nitrogen and oxygen atoms in total. The van der Waals surface area contributed by atoms with Crippen molar-refractivity contribution in [2.45, 2.75) is 71.0 Å². The first-order valence-corrected chi connectivity index (χ1v) is 16.9. The zero-order valence-electron chi connectivity index (χ0n) is 27.0. The van der Waals surface area contributed by atoms with Crippen molar-refractivity contribution in [3.05, 3.63) is 131 Å². The Morgan fingerprint density at radius 1 is 0.826 bits per heavy atom. The smallest absolute Gasteiger partial charge is 0.264 e. The van der Waals surface area contributed by atoms with Gasteiger partial charge in [0.05, 0.1) is 10.6 Å². The minimum atomic E-state index is -4.20. The van der Waals surface area contributed by atoms with E-state index in [9.17, 15) is 22.4 Å². The Bertz CT molecular complexity index is 1740. The first-order chi connectivity index (χ1) is 21.9. The largest absolute Gasteiger partial charge is 0.352 e. The van der Waals surface area contributed by atoms with Gasteiger partial charge in [0.2, 0.25) is 11.8 Å². The normalized spacial score (nSPS) is 12.7. The molecule has 0 spiro atoms. The molecule has 0 aliphatic rings. The Labute approximate surface area is 272 Å². The quantitative estimate of drug-likeness (QED) is 0.180. The number of aryl methyl sites for hydroxylation is 3. The lowest BCUT2D eigenvalue weighted by Gasteiger charge is -2.34. The number of carbonyl (C=O) groups is 2. The molecule has 0 fully saturated rings. The summed E-state index contributed by atoms with van der Waals surface area (Å²) in [6.45, 7) is 8.93. The Balaban J connectivity index is 1.82. The molecule has 0 saturated carbocycles. The Morgan fingerprint density at radius 3 is 2.09 bits per heavy atom. The van der Waals surface area contributed by atoms with Crippen LogP contribution < -0.4 is 9.62 Å². The molecule has 46 heavy (non-hydrogen) atoms. The molecule has 0 unspecified atom stereocenters. The molecule has 0 saturated heterocycles. The lowest BCUT2D eigenvalue weighted by Crippen LogP contribution is -2.54. The summed E-state index contributed by atoms with van der Waals surface area (Å²) in [4.78, 5) is 29.9. The third kappa shape index (κ3) is 8.60. The summed E-state index contributed by atoms with van der Waals surface area (Å²) in [6.07, 6.45) is 0.884. The standard InChI is InChI=1S/C37H42FN3O4S/c1-6-29(5)39-37(43)35(23-30-10-8-7-9-11-30)40(24-31-15-17-32(38)18-16-31)36(42)25-41(33-19-14-27(3)28(4)22-33)46(44,45)34-20-12-26(2)13-21-34/h7-22,29,35H,6,23-25H2,1-5H3,(H,39,43)/t29-,35+/m0/s1. The second-order valence-electron chi connectivity index (χ2n) is 11.8. The van der Waals surface area contributed by atoms with Gasteiger partial charge >= 0.3 is 0 Å². The fraction of sp³-hybridized carbons (Fsp3) is 0.297. The number of hydrogen-bond acceptors (Lipinski definition) is 4. The highest BCUT2D eigenvalue weighted by atomic mass is 32.2. The average molecular weight is 644 g/mol. The molecule has 4 rings (SSSR count). The van der Waals surface area contributed by atoms with Gasteiger partial charge in [-0.3, -0.25) is 13.9 Å². The second-order valence-corrected chi connectivity index (χ2v) is 13.6. The van der Waals surface area contributed by atoms with E-state index >= 15 is 0 Å². The maximum Gasteiger partial charge on any atom is 0.264 e. The van der Waals surface area contributed by atoms with Gasteiger partial charge in [0, 0.05) is 19.0 Å². The molecule has 0 aromatic heterocycles. The highest BCUT2D eigenvalue weighted by Crippen LogP contribution is 2.27. The van der Waals surface area contributed by atoms with Crippen molar-refractivity contribution in [1.29, 1.82) is 0 Å². The zero-order chi connectivity index (χ0) is 33.4. The van der Waals surface area contributed by atoms with Crippen molar-refractivity contribution in [1.82, 2.24) is 10.2 Å². The van der Waals surface area contributed by atoms with Crippen molar-refractivity contribution in [3.8, 4) is 0 Å². The molecule has 0 aliphatic heterocycles. The number of benzene rings is 4. The molecule has 9 heteroatoms. The molecule has 1 N–H and O–H groups in total. The minimum absolute atomic E-state index is 0.0319. The number of carbonyl (C=O) groups excluding carboxylic acids is 2. The molecule has 0 aliphatic carbocycles. The zero-order valence-corrected chi connectivity index (χ0v) is 27.9. The number of rotatable bonds is 13. The predicted octanol–water partition coefficient (Wildman–Crippen LogP) is 6.50. The number of nitrogens with zero attached hydrogens (tertiary/aromatic N) is 2. The van der Waals surface area contributed by atoms with Gasteiger partial charge < -0.3 is 10.2 Å². The Morgan fingerprint density at radius 2 is 1.48 bits per heavy atom. The molecular weight excluding hydrogens is 601 g/mol. The second kappa shape index (κ2) is 15.2. The van der Waals surface area contributed by atoms with E-state index in [1.807, 2.05) is 71.0 Å². The molecule has 2 amide bonds. The molecule has 2 atom stereocenters. The first kappa shape index (κ1) is 34.4. The van der Waals surface area contributed by atoms with E-state index in [2.05, 4.69) is 5.32 Å². The number of amides is 2. The molecular formula is C37H42FN3O4S. The van der Waals surface area contributed by atoms with E-state index in [0.717, 1.165) is 26.6 Å². The van der Waals surface area contributed by atoms with Crippen LogP contribution in [-0.2, 0) is 32.6 Å². The van der Waals surface area contributed by atoms with Crippen molar-refractivity contribution >= 4 is 27.5 Å². The highest BCUT2D eigenvalue weighted by molar-refractivity contribution is 7.92. The molecule has 0 heterocycles. The van der Waals surface area contributed by atoms with Crippen LogP contribution in [0.15, 0.2) is 102 Å². The van der Waals surface area contributed by atoms with Gasteiger partial charge in [-0.1, -0.05) is 73.2 Å². The minimum Gasteiger partial charge on any atom is -0.352 e. The van der Waals surface area contributed by atoms with Crippen LogP contribution in [0.2, 0.25) is 0 Å². The van der Waals surface area contributed by atoms with Gasteiger partial charge in [0.1, 0.15) is 18.4 Å². The molecule has 0 radical (unpaired) electrons. The number of halogens is 1. The molecule has 242 valence electrons. The van der Waals surface area contributed by atoms with Crippen LogP contribution in [0, 0.1) is 26.6 Å². The van der Waals surface area contributed by atoms with Crippen LogP contribution >= 0.6 is 0 Å². The average Bonchev–Trinajstić information content (AvgIpc) is 3.04. The summed E-state index contributed by atoms with van der Waals surface area (Å²) in [5.41, 5.74) is 4.51. The Hall–Kier alpha value is -4.50. The number of anilines is 1. The summed E-state index contributed by atoms with van der Waals surface area (Å²) >= 11 is 0. The SMILES string of the molecule is CC[C@H](C)NC(=O)[C@@H](Cc1ccccc1)N(Cc1ccc(F)cc1)C(=O)CN(c1ccc(C)c(C)c1)S(=O)(=O)c1ccc(C)cc1. The van der Waals surface area contributed by atoms with E-state index in [0.29, 0.717) is 17.7 Å². The van der Waals surface area contributed by atoms with Gasteiger partial charge in [0.15, 0.2) is 0 Å². The summed E-state index contributed by atoms with van der Waals surface area (Å²) in [6, 6.07) is 25.7. The summed E-state index contributed by atoms with van der Waals surface area (Å²) in [5, 5.41) is 3.02. The van der Waals surface area contributed by atoms with Gasteiger partial charge in [-0.2, -0.15) is 0 Å². The van der Waals surface area contributed by atoms with E-state index in [1.54, 1.807) is 36.4 Å². The van der Waals surface area contributed by atoms with E-state index in [-0.39, 0.29) is 29.8 Å². The summed E-state index contributed by atoms with van der Waals surface area (Å²) in [7, 11) is -4.20. The maximum absolute atomic E-state index is 14.5. The van der Waals surface area contributed by atoms with Crippen LogP contribution in [0.4, 0.5) is 10.1 Å². The lowest BCUT2D eigenvalue weighted by molar-refractivity contribution is -0.140. The fourth-order valence-corrected chi connectivity index (χ4v) is 6.43. The number of hydrogen-bond donors (Lipinski definition) is 1. The van der Waals surface area contributed by atoms with Crippen molar-refractivity contribution in [2.75, 3.05) is 10.8 Å². The summed E-state index contributed by atoms with van der Waals surface area (Å²) < 4.78 is 43.4. The maximum atomic E-state index is 14.5. The number of sulfonamides is 1. The third-order valence-electron chi connectivity index (χ3n) is 8.20. The van der Waals surface area contributed by atoms with Crippen LogP contribution in [0.25, 0.3) is 0 Å².